The molecule has 0 radical (unpaired) electrons. The molecule has 0 fully saturated rings. The average molecular weight is 211 g/mol. The van der Waals surface area contributed by atoms with E-state index in [1.165, 1.54) is 0 Å². The van der Waals surface area contributed by atoms with Gasteiger partial charge >= 0.3 is 6.07 Å². The summed E-state index contributed by atoms with van der Waals surface area (Å²) in [6.45, 7) is 1.79. The number of alkyl halides is 1. The van der Waals surface area contributed by atoms with Gasteiger partial charge in [0.15, 0.2) is 0 Å². The standard InChI is InChI=1S/C3H6Cl3O2P/c1-3(4)2-8-9(5,6)7/h3H,2H2,1H3. The summed E-state index contributed by atoms with van der Waals surface area (Å²) in [6, 6.07) is 0. The van der Waals surface area contributed by atoms with Crippen LogP contribution in [-0.4, -0.2) is 12.0 Å². The van der Waals surface area contributed by atoms with E-state index in [1.54, 1.807) is 6.92 Å². The summed E-state index contributed by atoms with van der Waals surface area (Å²) >= 11 is 15.5. The first-order valence-electron chi connectivity index (χ1n) is 2.20. The van der Waals surface area contributed by atoms with Crippen LogP contribution in [0.4, 0.5) is 0 Å². The van der Waals surface area contributed by atoms with Gasteiger partial charge in [-0.3, -0.25) is 4.57 Å². The second kappa shape index (κ2) is 4.05. The van der Waals surface area contributed by atoms with E-state index in [9.17, 15) is 4.57 Å². The van der Waals surface area contributed by atoms with Gasteiger partial charge in [0.2, 0.25) is 0 Å². The van der Waals surface area contributed by atoms with Crippen molar-refractivity contribution in [3.63, 3.8) is 0 Å². The zero-order chi connectivity index (χ0) is 7.49. The fraction of sp³-hybridized carbons (Fsp3) is 1.00. The molecule has 0 saturated heterocycles. The van der Waals surface area contributed by atoms with Crippen LogP contribution in [0.15, 0.2) is 0 Å². The summed E-state index contributed by atoms with van der Waals surface area (Å²) in [5.74, 6) is 0. The Morgan fingerprint density at radius 3 is 2.22 bits per heavy atom. The number of hydrogen-bond donors (Lipinski definition) is 0. The Morgan fingerprint density at radius 1 is 1.67 bits per heavy atom. The molecule has 1 unspecified atom stereocenters. The van der Waals surface area contributed by atoms with Crippen molar-refractivity contribution in [2.45, 2.75) is 12.3 Å². The maximum Gasteiger partial charge on any atom is 0.380 e. The van der Waals surface area contributed by atoms with Gasteiger partial charge in [-0.05, 0) is 29.4 Å². The molecular weight excluding hydrogens is 205 g/mol. The normalized spacial score (nSPS) is 15.6. The molecule has 6 heteroatoms. The summed E-state index contributed by atoms with van der Waals surface area (Å²) in [7, 11) is 0. The fourth-order valence-corrected chi connectivity index (χ4v) is 1.08. The molecule has 0 bridgehead atoms. The van der Waals surface area contributed by atoms with Crippen molar-refractivity contribution in [2.75, 3.05) is 6.61 Å². The predicted octanol–water partition coefficient (Wildman–Crippen LogP) is 3.22. The van der Waals surface area contributed by atoms with Crippen molar-refractivity contribution >= 4 is 40.2 Å². The SMILES string of the molecule is CC(Cl)COP(=O)(Cl)Cl. The van der Waals surface area contributed by atoms with Gasteiger partial charge in [-0.2, -0.15) is 0 Å². The molecule has 0 spiro atoms. The summed E-state index contributed by atoms with van der Waals surface area (Å²) < 4.78 is 14.8. The minimum absolute atomic E-state index is 0.103. The Kier molecular flexibility index (Phi) is 4.52. The summed E-state index contributed by atoms with van der Waals surface area (Å²) in [5.41, 5.74) is 0. The van der Waals surface area contributed by atoms with Crippen LogP contribution in [-0.2, 0) is 9.09 Å². The molecule has 0 aliphatic rings. The molecule has 0 aliphatic carbocycles. The Hall–Kier alpha value is 1.06. The van der Waals surface area contributed by atoms with E-state index in [-0.39, 0.29) is 12.0 Å². The first-order chi connectivity index (χ1) is 3.92. The number of rotatable bonds is 3. The molecule has 0 heterocycles. The maximum atomic E-state index is 10.4. The van der Waals surface area contributed by atoms with Crippen LogP contribution >= 0.6 is 40.2 Å². The van der Waals surface area contributed by atoms with Crippen molar-refractivity contribution in [1.29, 1.82) is 0 Å². The molecule has 0 rings (SSSR count). The zero-order valence-electron chi connectivity index (χ0n) is 4.68. The van der Waals surface area contributed by atoms with E-state index in [0.717, 1.165) is 0 Å². The van der Waals surface area contributed by atoms with Crippen LogP contribution in [0.2, 0.25) is 0 Å². The highest BCUT2D eigenvalue weighted by Crippen LogP contribution is 2.57. The van der Waals surface area contributed by atoms with E-state index in [2.05, 4.69) is 4.52 Å². The van der Waals surface area contributed by atoms with Gasteiger partial charge in [0, 0.05) is 0 Å². The van der Waals surface area contributed by atoms with Gasteiger partial charge in [-0.15, -0.1) is 11.6 Å². The van der Waals surface area contributed by atoms with Crippen LogP contribution < -0.4 is 0 Å². The van der Waals surface area contributed by atoms with Gasteiger partial charge in [0.1, 0.15) is 0 Å². The van der Waals surface area contributed by atoms with Crippen LogP contribution in [0.5, 0.6) is 0 Å². The molecule has 0 aromatic heterocycles. The zero-order valence-corrected chi connectivity index (χ0v) is 7.84. The third-order valence-corrected chi connectivity index (χ3v) is 1.62. The van der Waals surface area contributed by atoms with Gasteiger partial charge in [-0.25, -0.2) is 0 Å². The lowest BCUT2D eigenvalue weighted by Gasteiger charge is -2.03. The molecule has 0 amide bonds. The molecule has 9 heavy (non-hydrogen) atoms. The molecule has 0 aliphatic heterocycles. The van der Waals surface area contributed by atoms with E-state index in [0.29, 0.717) is 0 Å². The minimum Gasteiger partial charge on any atom is -0.305 e. The van der Waals surface area contributed by atoms with E-state index < -0.39 is 6.07 Å². The van der Waals surface area contributed by atoms with E-state index in [4.69, 9.17) is 34.1 Å². The van der Waals surface area contributed by atoms with Crippen LogP contribution in [0.25, 0.3) is 0 Å². The van der Waals surface area contributed by atoms with Crippen LogP contribution in [0.1, 0.15) is 6.92 Å². The lowest BCUT2D eigenvalue weighted by atomic mass is 10.5. The van der Waals surface area contributed by atoms with Crippen LogP contribution in [0.3, 0.4) is 0 Å². The quantitative estimate of drug-likeness (QED) is 0.529. The smallest absolute Gasteiger partial charge is 0.305 e. The average Bonchev–Trinajstić information content (AvgIpc) is 1.59. The predicted molar refractivity (Wildman–Crippen MR) is 40.6 cm³/mol. The first-order valence-corrected chi connectivity index (χ1v) is 6.07. The Morgan fingerprint density at radius 2 is 2.11 bits per heavy atom. The molecule has 2 nitrogen and oxygen atoms in total. The molecule has 56 valence electrons. The van der Waals surface area contributed by atoms with Crippen LogP contribution in [0, 0.1) is 0 Å². The Bertz CT molecular complexity index is 120. The second-order valence-corrected chi connectivity index (χ2v) is 6.51. The molecular formula is C3H6Cl3O2P. The van der Waals surface area contributed by atoms with Gasteiger partial charge < -0.3 is 4.52 Å². The first kappa shape index (κ1) is 10.1. The highest BCUT2D eigenvalue weighted by molar-refractivity contribution is 8.05. The van der Waals surface area contributed by atoms with Crippen molar-refractivity contribution in [1.82, 2.24) is 0 Å². The Labute approximate surface area is 68.5 Å². The molecule has 0 saturated carbocycles. The van der Waals surface area contributed by atoms with Crippen molar-refractivity contribution in [3.05, 3.63) is 0 Å². The fourth-order valence-electron chi connectivity index (χ4n) is 0.189. The lowest BCUT2D eigenvalue weighted by Crippen LogP contribution is -1.99. The van der Waals surface area contributed by atoms with Gasteiger partial charge in [0.05, 0.1) is 12.0 Å². The third kappa shape index (κ3) is 9.06. The van der Waals surface area contributed by atoms with Gasteiger partial charge in [0.25, 0.3) is 0 Å². The third-order valence-electron chi connectivity index (χ3n) is 0.454. The minimum atomic E-state index is -3.36. The molecule has 1 atom stereocenters. The van der Waals surface area contributed by atoms with Crippen molar-refractivity contribution in [2.24, 2.45) is 0 Å². The highest BCUT2D eigenvalue weighted by Gasteiger charge is 2.14. The molecule has 0 aromatic rings. The largest absolute Gasteiger partial charge is 0.380 e. The molecule has 0 aromatic carbocycles. The lowest BCUT2D eigenvalue weighted by molar-refractivity contribution is 0.336. The van der Waals surface area contributed by atoms with Gasteiger partial charge in [-0.1, -0.05) is 0 Å². The summed E-state index contributed by atoms with van der Waals surface area (Å²) in [4.78, 5) is 0. The second-order valence-electron chi connectivity index (χ2n) is 1.49. The molecule has 0 N–H and O–H groups in total. The van der Waals surface area contributed by atoms with Crippen molar-refractivity contribution in [3.8, 4) is 0 Å². The topological polar surface area (TPSA) is 26.3 Å². The Balaban J connectivity index is 3.40. The summed E-state index contributed by atoms with van der Waals surface area (Å²) in [6.07, 6.45) is -3.36. The number of halogens is 3. The maximum absolute atomic E-state index is 10.4. The van der Waals surface area contributed by atoms with E-state index in [1.807, 2.05) is 0 Å². The van der Waals surface area contributed by atoms with E-state index >= 15 is 0 Å². The van der Waals surface area contributed by atoms with Crippen molar-refractivity contribution < 1.29 is 9.09 Å². The monoisotopic (exact) mass is 210 g/mol. The summed E-state index contributed by atoms with van der Waals surface area (Å²) in [5, 5.41) is -0.226. The number of hydrogen-bond acceptors (Lipinski definition) is 2. The highest BCUT2D eigenvalue weighted by atomic mass is 35.9.